The van der Waals surface area contributed by atoms with Crippen LogP contribution in [0.3, 0.4) is 0 Å². The quantitative estimate of drug-likeness (QED) is 0.500. The number of halogens is 1. The first-order chi connectivity index (χ1) is 13.4. The van der Waals surface area contributed by atoms with Gasteiger partial charge in [0.15, 0.2) is 9.84 Å². The van der Waals surface area contributed by atoms with Gasteiger partial charge in [0.2, 0.25) is 0 Å². The monoisotopic (exact) mass is 414 g/mol. The molecule has 1 aromatic carbocycles. The van der Waals surface area contributed by atoms with E-state index in [1.165, 1.54) is 6.26 Å². The summed E-state index contributed by atoms with van der Waals surface area (Å²) in [7, 11) is -3.19. The summed E-state index contributed by atoms with van der Waals surface area (Å²) in [6.07, 6.45) is 4.66. The Bertz CT molecular complexity index is 1260. The lowest BCUT2D eigenvalue weighted by Crippen LogP contribution is -2.03. The van der Waals surface area contributed by atoms with Gasteiger partial charge in [-0.15, -0.1) is 0 Å². The van der Waals surface area contributed by atoms with Crippen LogP contribution in [0, 0.1) is 0 Å². The number of aromatic amines is 1. The molecule has 0 spiro atoms. The fourth-order valence-electron chi connectivity index (χ4n) is 2.92. The van der Waals surface area contributed by atoms with E-state index in [9.17, 15) is 8.42 Å². The topological polar surface area (TPSA) is 87.7 Å². The predicted molar refractivity (Wildman–Crippen MR) is 113 cm³/mol. The van der Waals surface area contributed by atoms with Gasteiger partial charge < -0.3 is 10.3 Å². The molecule has 0 aliphatic rings. The molecule has 8 heteroatoms. The van der Waals surface area contributed by atoms with Crippen LogP contribution in [-0.2, 0) is 16.4 Å². The Kier molecular flexibility index (Phi) is 4.78. The van der Waals surface area contributed by atoms with Crippen LogP contribution in [0.2, 0.25) is 5.02 Å². The molecule has 28 heavy (non-hydrogen) atoms. The van der Waals surface area contributed by atoms with Crippen molar-refractivity contribution in [2.45, 2.75) is 11.4 Å². The van der Waals surface area contributed by atoms with E-state index in [0.29, 0.717) is 22.3 Å². The minimum absolute atomic E-state index is 0. The zero-order chi connectivity index (χ0) is 19.7. The van der Waals surface area contributed by atoms with Crippen molar-refractivity contribution in [3.8, 4) is 11.3 Å². The number of anilines is 1. The van der Waals surface area contributed by atoms with E-state index in [-0.39, 0.29) is 1.43 Å². The third-order valence-electron chi connectivity index (χ3n) is 4.35. The molecule has 0 saturated heterocycles. The standard InChI is InChI=1S/C20H17ClN4O2S.H2/c1-28(26,27)15-7-5-13(6-8-15)10-22-19-4-2-3-18(25-19)17-12-24-20-16(17)9-14(21)11-23-20;/h2-9,11-12H,10H2,1H3,(H,22,25)(H,23,24);1H. The van der Waals surface area contributed by atoms with Gasteiger partial charge in [0.05, 0.1) is 15.6 Å². The lowest BCUT2D eigenvalue weighted by molar-refractivity contribution is 0.602. The molecule has 4 rings (SSSR count). The highest BCUT2D eigenvalue weighted by Gasteiger charge is 2.10. The lowest BCUT2D eigenvalue weighted by atomic mass is 10.1. The number of benzene rings is 1. The van der Waals surface area contributed by atoms with E-state index in [1.807, 2.05) is 30.5 Å². The van der Waals surface area contributed by atoms with Crippen LogP contribution in [0.1, 0.15) is 6.99 Å². The molecule has 0 unspecified atom stereocenters. The van der Waals surface area contributed by atoms with E-state index in [2.05, 4.69) is 20.3 Å². The van der Waals surface area contributed by atoms with Crippen molar-refractivity contribution in [1.82, 2.24) is 15.0 Å². The molecule has 0 amide bonds. The van der Waals surface area contributed by atoms with Crippen molar-refractivity contribution in [2.75, 3.05) is 11.6 Å². The average molecular weight is 415 g/mol. The second-order valence-corrected chi connectivity index (χ2v) is 8.88. The maximum Gasteiger partial charge on any atom is 0.175 e. The van der Waals surface area contributed by atoms with Gasteiger partial charge in [-0.25, -0.2) is 18.4 Å². The van der Waals surface area contributed by atoms with Crippen molar-refractivity contribution < 1.29 is 9.84 Å². The number of hydrogen-bond acceptors (Lipinski definition) is 5. The van der Waals surface area contributed by atoms with Gasteiger partial charge in [0.25, 0.3) is 0 Å². The van der Waals surface area contributed by atoms with Crippen molar-refractivity contribution in [3.05, 3.63) is 71.5 Å². The molecule has 0 atom stereocenters. The molecule has 0 aliphatic heterocycles. The molecule has 144 valence electrons. The Balaban J connectivity index is 0.00000240. The Morgan fingerprint density at radius 2 is 1.96 bits per heavy atom. The highest BCUT2D eigenvalue weighted by Crippen LogP contribution is 2.28. The van der Waals surface area contributed by atoms with Crippen LogP contribution in [0.4, 0.5) is 5.82 Å². The molecule has 0 saturated carbocycles. The summed E-state index contributed by atoms with van der Waals surface area (Å²) < 4.78 is 23.1. The Morgan fingerprint density at radius 3 is 2.71 bits per heavy atom. The van der Waals surface area contributed by atoms with E-state index in [1.54, 1.807) is 30.5 Å². The van der Waals surface area contributed by atoms with E-state index in [0.717, 1.165) is 27.9 Å². The molecule has 0 fully saturated rings. The third-order valence-corrected chi connectivity index (χ3v) is 5.68. The van der Waals surface area contributed by atoms with Crippen LogP contribution in [-0.4, -0.2) is 29.6 Å². The number of nitrogens with zero attached hydrogens (tertiary/aromatic N) is 2. The van der Waals surface area contributed by atoms with Gasteiger partial charge in [0.1, 0.15) is 11.5 Å². The number of sulfone groups is 1. The average Bonchev–Trinajstić information content (AvgIpc) is 3.09. The van der Waals surface area contributed by atoms with E-state index >= 15 is 0 Å². The number of H-pyrrole nitrogens is 1. The van der Waals surface area contributed by atoms with E-state index < -0.39 is 9.84 Å². The fraction of sp³-hybridized carbons (Fsp3) is 0.100. The molecule has 3 aromatic heterocycles. The second-order valence-electron chi connectivity index (χ2n) is 6.43. The van der Waals surface area contributed by atoms with Crippen LogP contribution in [0.15, 0.2) is 65.8 Å². The third kappa shape index (κ3) is 3.85. The van der Waals surface area contributed by atoms with Crippen molar-refractivity contribution >= 4 is 38.3 Å². The SMILES string of the molecule is CS(=O)(=O)c1ccc(CNc2cccc(-c3c[nH]c4ncc(Cl)cc34)n2)cc1.[HH]. The number of nitrogens with one attached hydrogen (secondary N) is 2. The second kappa shape index (κ2) is 7.26. The molecule has 3 heterocycles. The minimum Gasteiger partial charge on any atom is -0.366 e. The summed E-state index contributed by atoms with van der Waals surface area (Å²) in [5.74, 6) is 0.717. The Labute approximate surface area is 169 Å². The summed E-state index contributed by atoms with van der Waals surface area (Å²) in [5, 5.41) is 4.75. The highest BCUT2D eigenvalue weighted by atomic mass is 35.5. The first-order valence-electron chi connectivity index (χ1n) is 8.53. The Morgan fingerprint density at radius 1 is 1.18 bits per heavy atom. The van der Waals surface area contributed by atoms with Crippen molar-refractivity contribution in [2.24, 2.45) is 0 Å². The summed E-state index contributed by atoms with van der Waals surface area (Å²) >= 11 is 6.08. The molecular weight excluding hydrogens is 396 g/mol. The maximum atomic E-state index is 11.5. The van der Waals surface area contributed by atoms with Crippen LogP contribution < -0.4 is 5.32 Å². The number of fused-ring (bicyclic) bond motifs is 1. The molecule has 4 aromatic rings. The van der Waals surface area contributed by atoms with Gasteiger partial charge >= 0.3 is 0 Å². The number of pyridine rings is 2. The zero-order valence-corrected chi connectivity index (χ0v) is 16.6. The predicted octanol–water partition coefficient (Wildman–Crippen LogP) is 4.54. The highest BCUT2D eigenvalue weighted by molar-refractivity contribution is 7.90. The summed E-state index contributed by atoms with van der Waals surface area (Å²) in [5.41, 5.74) is 3.44. The smallest absolute Gasteiger partial charge is 0.175 e. The molecule has 0 radical (unpaired) electrons. The molecule has 0 aliphatic carbocycles. The molecule has 2 N–H and O–H groups in total. The van der Waals surface area contributed by atoms with Crippen molar-refractivity contribution in [1.29, 1.82) is 0 Å². The van der Waals surface area contributed by atoms with Gasteiger partial charge in [-0.05, 0) is 35.9 Å². The van der Waals surface area contributed by atoms with Crippen LogP contribution in [0.25, 0.3) is 22.3 Å². The molecular formula is C20H19ClN4O2S. The van der Waals surface area contributed by atoms with Crippen molar-refractivity contribution in [3.63, 3.8) is 0 Å². The van der Waals surface area contributed by atoms with Crippen LogP contribution >= 0.6 is 11.6 Å². The number of aromatic nitrogens is 3. The maximum absolute atomic E-state index is 11.5. The Hall–Kier alpha value is -2.90. The first-order valence-corrected chi connectivity index (χ1v) is 10.8. The fourth-order valence-corrected chi connectivity index (χ4v) is 3.71. The molecule has 6 nitrogen and oxygen atoms in total. The van der Waals surface area contributed by atoms with Gasteiger partial charge in [-0.1, -0.05) is 29.8 Å². The van der Waals surface area contributed by atoms with Gasteiger partial charge in [0, 0.05) is 37.6 Å². The number of hydrogen-bond donors (Lipinski definition) is 2. The molecule has 0 bridgehead atoms. The zero-order valence-electron chi connectivity index (χ0n) is 15.0. The normalized spacial score (nSPS) is 11.6. The van der Waals surface area contributed by atoms with Crippen LogP contribution in [0.5, 0.6) is 0 Å². The largest absolute Gasteiger partial charge is 0.366 e. The van der Waals surface area contributed by atoms with Gasteiger partial charge in [-0.3, -0.25) is 0 Å². The summed E-state index contributed by atoms with van der Waals surface area (Å²) in [6.45, 7) is 0.530. The number of rotatable bonds is 5. The van der Waals surface area contributed by atoms with E-state index in [4.69, 9.17) is 11.6 Å². The summed E-state index contributed by atoms with van der Waals surface area (Å²) in [4.78, 5) is 12.4. The lowest BCUT2D eigenvalue weighted by Gasteiger charge is -2.08. The minimum atomic E-state index is -3.19. The first kappa shape index (κ1) is 18.5. The van der Waals surface area contributed by atoms with Gasteiger partial charge in [-0.2, -0.15) is 0 Å². The summed E-state index contributed by atoms with van der Waals surface area (Å²) in [6, 6.07) is 14.4.